The molecule has 0 unspecified atom stereocenters. The highest BCUT2D eigenvalue weighted by molar-refractivity contribution is 5.81. The van der Waals surface area contributed by atoms with Crippen LogP contribution < -0.4 is 10.2 Å². The van der Waals surface area contributed by atoms with Crippen LogP contribution in [0.4, 0.5) is 5.69 Å². The number of anilines is 1. The number of rotatable bonds is 4. The van der Waals surface area contributed by atoms with Crippen molar-refractivity contribution in [2.24, 2.45) is 5.92 Å². The first-order chi connectivity index (χ1) is 12.1. The summed E-state index contributed by atoms with van der Waals surface area (Å²) in [7, 11) is 0. The third-order valence-electron chi connectivity index (χ3n) is 5.90. The Morgan fingerprint density at radius 3 is 2.52 bits per heavy atom. The maximum absolute atomic E-state index is 12.7. The molecule has 1 saturated heterocycles. The van der Waals surface area contributed by atoms with E-state index in [4.69, 9.17) is 0 Å². The van der Waals surface area contributed by atoms with Gasteiger partial charge in [-0.25, -0.2) is 0 Å². The standard InChI is InChI=1S/C20H31N3O2/c1-15-7-3-4-8-17(15)21-20(25)16(2)22-11-13-23(14-12-22)18-9-5-6-10-19(18)24/h5-6,9-10,15-17,24H,3-4,7-8,11-14H2,1-2H3,(H,21,25)/t15-,16+,17+/m0/s1. The highest BCUT2D eigenvalue weighted by Gasteiger charge is 2.29. The van der Waals surface area contributed by atoms with Gasteiger partial charge in [0.15, 0.2) is 0 Å². The fourth-order valence-electron chi connectivity index (χ4n) is 4.08. The molecular formula is C20H31N3O2. The predicted molar refractivity (Wildman–Crippen MR) is 101 cm³/mol. The molecular weight excluding hydrogens is 314 g/mol. The Kier molecular flexibility index (Phi) is 5.84. The lowest BCUT2D eigenvalue weighted by Crippen LogP contribution is -2.55. The minimum Gasteiger partial charge on any atom is -0.506 e. The third kappa shape index (κ3) is 4.27. The van der Waals surface area contributed by atoms with Crippen molar-refractivity contribution in [2.75, 3.05) is 31.1 Å². The molecule has 1 saturated carbocycles. The second-order valence-corrected chi connectivity index (χ2v) is 7.56. The van der Waals surface area contributed by atoms with Gasteiger partial charge in [0.05, 0.1) is 11.7 Å². The summed E-state index contributed by atoms with van der Waals surface area (Å²) in [4.78, 5) is 17.1. The predicted octanol–water partition coefficient (Wildman–Crippen LogP) is 2.60. The van der Waals surface area contributed by atoms with E-state index in [-0.39, 0.29) is 11.9 Å². The normalized spacial score (nSPS) is 26.2. The van der Waals surface area contributed by atoms with Gasteiger partial charge in [-0.15, -0.1) is 0 Å². The van der Waals surface area contributed by atoms with Gasteiger partial charge < -0.3 is 15.3 Å². The molecule has 2 fully saturated rings. The molecule has 5 nitrogen and oxygen atoms in total. The summed E-state index contributed by atoms with van der Waals surface area (Å²) >= 11 is 0. The molecule has 0 spiro atoms. The Hall–Kier alpha value is -1.75. The topological polar surface area (TPSA) is 55.8 Å². The van der Waals surface area contributed by atoms with Gasteiger partial charge in [0.25, 0.3) is 0 Å². The van der Waals surface area contributed by atoms with Crippen LogP contribution in [0.5, 0.6) is 5.75 Å². The zero-order valence-corrected chi connectivity index (χ0v) is 15.4. The number of aromatic hydroxyl groups is 1. The molecule has 1 heterocycles. The fourth-order valence-corrected chi connectivity index (χ4v) is 4.08. The molecule has 1 aliphatic heterocycles. The number of phenolic OH excluding ortho intramolecular Hbond substituents is 1. The van der Waals surface area contributed by atoms with Gasteiger partial charge in [0.2, 0.25) is 5.91 Å². The summed E-state index contributed by atoms with van der Waals surface area (Å²) < 4.78 is 0. The number of piperazine rings is 1. The molecule has 0 aromatic heterocycles. The molecule has 3 atom stereocenters. The van der Waals surface area contributed by atoms with E-state index in [9.17, 15) is 9.90 Å². The summed E-state index contributed by atoms with van der Waals surface area (Å²) in [5, 5.41) is 13.3. The lowest BCUT2D eigenvalue weighted by atomic mass is 9.86. The van der Waals surface area contributed by atoms with Crippen molar-refractivity contribution in [3.05, 3.63) is 24.3 Å². The van der Waals surface area contributed by atoms with Crippen LogP contribution in [0, 0.1) is 5.92 Å². The van der Waals surface area contributed by atoms with Crippen molar-refractivity contribution < 1.29 is 9.90 Å². The Morgan fingerprint density at radius 1 is 1.16 bits per heavy atom. The van der Waals surface area contributed by atoms with E-state index in [2.05, 4.69) is 22.0 Å². The smallest absolute Gasteiger partial charge is 0.237 e. The number of carbonyl (C=O) groups is 1. The summed E-state index contributed by atoms with van der Waals surface area (Å²) in [6.45, 7) is 7.59. The molecule has 0 radical (unpaired) electrons. The van der Waals surface area contributed by atoms with Crippen molar-refractivity contribution in [2.45, 2.75) is 51.6 Å². The van der Waals surface area contributed by atoms with Crippen LogP contribution >= 0.6 is 0 Å². The quantitative estimate of drug-likeness (QED) is 0.881. The monoisotopic (exact) mass is 345 g/mol. The van der Waals surface area contributed by atoms with Gasteiger partial charge in [0, 0.05) is 32.2 Å². The van der Waals surface area contributed by atoms with E-state index >= 15 is 0 Å². The first-order valence-corrected chi connectivity index (χ1v) is 9.63. The average Bonchev–Trinajstić information content (AvgIpc) is 2.63. The molecule has 3 rings (SSSR count). The highest BCUT2D eigenvalue weighted by atomic mass is 16.3. The van der Waals surface area contributed by atoms with Crippen molar-refractivity contribution in [3.8, 4) is 5.75 Å². The maximum atomic E-state index is 12.7. The van der Waals surface area contributed by atoms with Crippen LogP contribution in [-0.2, 0) is 4.79 Å². The van der Waals surface area contributed by atoms with Crippen LogP contribution in [0.2, 0.25) is 0 Å². The number of phenols is 1. The van der Waals surface area contributed by atoms with Crippen molar-refractivity contribution in [3.63, 3.8) is 0 Å². The zero-order chi connectivity index (χ0) is 17.8. The molecule has 5 heteroatoms. The van der Waals surface area contributed by atoms with Gasteiger partial charge in [-0.2, -0.15) is 0 Å². The average molecular weight is 345 g/mol. The summed E-state index contributed by atoms with van der Waals surface area (Å²) in [6, 6.07) is 7.71. The Labute approximate surface area is 151 Å². The second kappa shape index (κ2) is 8.09. The zero-order valence-electron chi connectivity index (χ0n) is 15.4. The molecule has 1 aliphatic carbocycles. The molecule has 2 aliphatic rings. The first-order valence-electron chi connectivity index (χ1n) is 9.63. The largest absolute Gasteiger partial charge is 0.506 e. The van der Waals surface area contributed by atoms with E-state index in [1.54, 1.807) is 6.07 Å². The summed E-state index contributed by atoms with van der Waals surface area (Å²) in [5.74, 6) is 1.07. The van der Waals surface area contributed by atoms with Crippen LogP contribution in [0.15, 0.2) is 24.3 Å². The number of hydrogen-bond donors (Lipinski definition) is 2. The lowest BCUT2D eigenvalue weighted by Gasteiger charge is -2.39. The number of para-hydroxylation sites is 2. The SMILES string of the molecule is C[C@H](C(=O)N[C@@H]1CCCC[C@@H]1C)N1CCN(c2ccccc2O)CC1. The number of carbonyl (C=O) groups excluding carboxylic acids is 1. The number of nitrogens with zero attached hydrogens (tertiary/aromatic N) is 2. The Bertz CT molecular complexity index is 584. The van der Waals surface area contributed by atoms with Gasteiger partial charge >= 0.3 is 0 Å². The van der Waals surface area contributed by atoms with Crippen LogP contribution in [-0.4, -0.2) is 54.2 Å². The molecule has 0 bridgehead atoms. The summed E-state index contributed by atoms with van der Waals surface area (Å²) in [6.07, 6.45) is 4.85. The maximum Gasteiger partial charge on any atom is 0.237 e. The van der Waals surface area contributed by atoms with Crippen LogP contribution in [0.1, 0.15) is 39.5 Å². The molecule has 1 aromatic carbocycles. The van der Waals surface area contributed by atoms with Gasteiger partial charge in [-0.3, -0.25) is 9.69 Å². The van der Waals surface area contributed by atoms with E-state index in [0.717, 1.165) is 38.3 Å². The van der Waals surface area contributed by atoms with Gasteiger partial charge in [0.1, 0.15) is 5.75 Å². The molecule has 2 N–H and O–H groups in total. The van der Waals surface area contributed by atoms with Crippen LogP contribution in [0.3, 0.4) is 0 Å². The van der Waals surface area contributed by atoms with Crippen molar-refractivity contribution >= 4 is 11.6 Å². The van der Waals surface area contributed by atoms with Crippen molar-refractivity contribution in [1.82, 2.24) is 10.2 Å². The fraction of sp³-hybridized carbons (Fsp3) is 0.650. The highest BCUT2D eigenvalue weighted by Crippen LogP contribution is 2.27. The van der Waals surface area contributed by atoms with Gasteiger partial charge in [-0.05, 0) is 37.8 Å². The molecule has 1 amide bonds. The second-order valence-electron chi connectivity index (χ2n) is 7.56. The molecule has 1 aromatic rings. The van der Waals surface area contributed by atoms with E-state index in [1.807, 2.05) is 25.1 Å². The Morgan fingerprint density at radius 2 is 1.84 bits per heavy atom. The minimum absolute atomic E-state index is 0.0966. The number of hydrogen-bond acceptors (Lipinski definition) is 4. The van der Waals surface area contributed by atoms with Crippen molar-refractivity contribution in [1.29, 1.82) is 0 Å². The first kappa shape index (κ1) is 18.1. The lowest BCUT2D eigenvalue weighted by molar-refractivity contribution is -0.127. The molecule has 138 valence electrons. The summed E-state index contributed by atoms with van der Waals surface area (Å²) in [5.41, 5.74) is 0.885. The third-order valence-corrected chi connectivity index (χ3v) is 5.90. The number of amides is 1. The Balaban J connectivity index is 1.51. The van der Waals surface area contributed by atoms with Crippen LogP contribution in [0.25, 0.3) is 0 Å². The van der Waals surface area contributed by atoms with E-state index in [0.29, 0.717) is 17.7 Å². The molecule has 25 heavy (non-hydrogen) atoms. The number of nitrogens with one attached hydrogen (secondary N) is 1. The van der Waals surface area contributed by atoms with E-state index in [1.165, 1.54) is 19.3 Å². The minimum atomic E-state index is -0.0966. The number of benzene rings is 1. The van der Waals surface area contributed by atoms with Gasteiger partial charge in [-0.1, -0.05) is 31.9 Å². The van der Waals surface area contributed by atoms with E-state index < -0.39 is 0 Å².